The standard InChI is InChI=1S/C13H8ClF3/c14-12(8-4-6-9(15)7-5-8)10-2-1-3-11(16)13(10)17/h1-7,12H. The van der Waals surface area contributed by atoms with Gasteiger partial charge in [-0.05, 0) is 23.8 Å². The van der Waals surface area contributed by atoms with Crippen LogP contribution in [0.3, 0.4) is 0 Å². The van der Waals surface area contributed by atoms with Gasteiger partial charge in [-0.2, -0.15) is 0 Å². The van der Waals surface area contributed by atoms with Gasteiger partial charge >= 0.3 is 0 Å². The lowest BCUT2D eigenvalue weighted by Crippen LogP contribution is -1.99. The molecular formula is C13H8ClF3. The fourth-order valence-electron chi connectivity index (χ4n) is 1.53. The summed E-state index contributed by atoms with van der Waals surface area (Å²) in [6, 6.07) is 9.14. The van der Waals surface area contributed by atoms with Gasteiger partial charge in [0.2, 0.25) is 0 Å². The topological polar surface area (TPSA) is 0 Å². The van der Waals surface area contributed by atoms with Crippen LogP contribution in [-0.2, 0) is 0 Å². The highest BCUT2D eigenvalue weighted by atomic mass is 35.5. The van der Waals surface area contributed by atoms with E-state index in [2.05, 4.69) is 0 Å². The lowest BCUT2D eigenvalue weighted by atomic mass is 10.0. The highest BCUT2D eigenvalue weighted by molar-refractivity contribution is 6.22. The molecule has 0 aliphatic rings. The molecule has 0 radical (unpaired) electrons. The van der Waals surface area contributed by atoms with Crippen LogP contribution >= 0.6 is 11.6 Å². The molecule has 0 fully saturated rings. The molecule has 0 saturated carbocycles. The maximum atomic E-state index is 13.5. The summed E-state index contributed by atoms with van der Waals surface area (Å²) in [5.41, 5.74) is 0.552. The molecule has 2 aromatic rings. The Kier molecular flexibility index (Phi) is 3.38. The van der Waals surface area contributed by atoms with Crippen molar-refractivity contribution in [3.63, 3.8) is 0 Å². The zero-order valence-electron chi connectivity index (χ0n) is 8.63. The van der Waals surface area contributed by atoms with Crippen molar-refractivity contribution in [1.29, 1.82) is 0 Å². The van der Waals surface area contributed by atoms with Gasteiger partial charge in [-0.25, -0.2) is 13.2 Å². The Bertz CT molecular complexity index is 523. The summed E-state index contributed by atoms with van der Waals surface area (Å²) >= 11 is 6.03. The predicted molar refractivity (Wildman–Crippen MR) is 60.5 cm³/mol. The average Bonchev–Trinajstić information content (AvgIpc) is 2.33. The molecule has 88 valence electrons. The van der Waals surface area contributed by atoms with E-state index < -0.39 is 22.8 Å². The number of rotatable bonds is 2. The average molecular weight is 257 g/mol. The van der Waals surface area contributed by atoms with Crippen LogP contribution in [0.15, 0.2) is 42.5 Å². The Morgan fingerprint density at radius 1 is 0.882 bits per heavy atom. The third-order valence-electron chi connectivity index (χ3n) is 2.42. The number of alkyl halides is 1. The van der Waals surface area contributed by atoms with E-state index in [1.807, 2.05) is 0 Å². The third kappa shape index (κ3) is 2.44. The fraction of sp³-hybridized carbons (Fsp3) is 0.0769. The Morgan fingerprint density at radius 3 is 2.18 bits per heavy atom. The smallest absolute Gasteiger partial charge is 0.163 e. The van der Waals surface area contributed by atoms with E-state index in [4.69, 9.17) is 11.6 Å². The molecule has 0 aromatic heterocycles. The normalized spacial score (nSPS) is 12.5. The zero-order valence-corrected chi connectivity index (χ0v) is 9.39. The molecule has 0 bridgehead atoms. The van der Waals surface area contributed by atoms with E-state index in [1.54, 1.807) is 0 Å². The van der Waals surface area contributed by atoms with Crippen LogP contribution in [0, 0.1) is 17.5 Å². The van der Waals surface area contributed by atoms with Crippen molar-refractivity contribution in [2.45, 2.75) is 5.38 Å². The molecule has 0 amide bonds. The van der Waals surface area contributed by atoms with E-state index in [9.17, 15) is 13.2 Å². The molecule has 0 nitrogen and oxygen atoms in total. The van der Waals surface area contributed by atoms with Gasteiger partial charge in [-0.1, -0.05) is 24.3 Å². The second-order valence-electron chi connectivity index (χ2n) is 3.56. The van der Waals surface area contributed by atoms with Gasteiger partial charge in [-0.3, -0.25) is 0 Å². The minimum atomic E-state index is -0.975. The summed E-state index contributed by atoms with van der Waals surface area (Å²) in [6.07, 6.45) is 0. The molecular weight excluding hydrogens is 249 g/mol. The van der Waals surface area contributed by atoms with Gasteiger partial charge in [0, 0.05) is 5.56 Å². The molecule has 0 aliphatic carbocycles. The maximum Gasteiger partial charge on any atom is 0.163 e. The fourth-order valence-corrected chi connectivity index (χ4v) is 1.84. The minimum absolute atomic E-state index is 0.0401. The molecule has 17 heavy (non-hydrogen) atoms. The summed E-state index contributed by atoms with van der Waals surface area (Å²) in [5.74, 6) is -2.33. The third-order valence-corrected chi connectivity index (χ3v) is 2.90. The molecule has 4 heteroatoms. The van der Waals surface area contributed by atoms with Gasteiger partial charge in [0.15, 0.2) is 11.6 Å². The van der Waals surface area contributed by atoms with Crippen LogP contribution < -0.4 is 0 Å². The van der Waals surface area contributed by atoms with Crippen LogP contribution in [0.5, 0.6) is 0 Å². The van der Waals surface area contributed by atoms with Crippen molar-refractivity contribution in [2.75, 3.05) is 0 Å². The molecule has 1 unspecified atom stereocenters. The molecule has 2 rings (SSSR count). The van der Waals surface area contributed by atoms with Crippen molar-refractivity contribution in [3.05, 3.63) is 71.0 Å². The first kappa shape index (κ1) is 12.0. The second-order valence-corrected chi connectivity index (χ2v) is 3.99. The maximum absolute atomic E-state index is 13.5. The summed E-state index contributed by atoms with van der Waals surface area (Å²) in [7, 11) is 0. The lowest BCUT2D eigenvalue weighted by Gasteiger charge is -2.11. The van der Waals surface area contributed by atoms with Crippen LogP contribution in [0.4, 0.5) is 13.2 Å². The zero-order chi connectivity index (χ0) is 12.4. The van der Waals surface area contributed by atoms with E-state index in [-0.39, 0.29) is 5.56 Å². The van der Waals surface area contributed by atoms with Crippen molar-refractivity contribution in [1.82, 2.24) is 0 Å². The Labute approximate surface area is 102 Å². The molecule has 2 aromatic carbocycles. The van der Waals surface area contributed by atoms with Crippen LogP contribution in [0.1, 0.15) is 16.5 Å². The van der Waals surface area contributed by atoms with Crippen LogP contribution in [-0.4, -0.2) is 0 Å². The van der Waals surface area contributed by atoms with E-state index >= 15 is 0 Å². The van der Waals surface area contributed by atoms with Crippen LogP contribution in [0.25, 0.3) is 0 Å². The van der Waals surface area contributed by atoms with Gasteiger partial charge < -0.3 is 0 Å². The minimum Gasteiger partial charge on any atom is -0.207 e. The lowest BCUT2D eigenvalue weighted by molar-refractivity contribution is 0.500. The number of hydrogen-bond acceptors (Lipinski definition) is 0. The summed E-state index contributed by atoms with van der Waals surface area (Å²) in [6.45, 7) is 0. The Hall–Kier alpha value is -1.48. The van der Waals surface area contributed by atoms with E-state index in [0.717, 1.165) is 6.07 Å². The van der Waals surface area contributed by atoms with E-state index in [1.165, 1.54) is 36.4 Å². The van der Waals surface area contributed by atoms with E-state index in [0.29, 0.717) is 5.56 Å². The van der Waals surface area contributed by atoms with Gasteiger partial charge in [0.25, 0.3) is 0 Å². The number of hydrogen-bond donors (Lipinski definition) is 0. The SMILES string of the molecule is Fc1ccc(C(Cl)c2cccc(F)c2F)cc1. The van der Waals surface area contributed by atoms with Crippen molar-refractivity contribution >= 4 is 11.6 Å². The van der Waals surface area contributed by atoms with Crippen LogP contribution in [0.2, 0.25) is 0 Å². The molecule has 0 N–H and O–H groups in total. The van der Waals surface area contributed by atoms with Gasteiger partial charge in [-0.15, -0.1) is 11.6 Å². The predicted octanol–water partition coefficient (Wildman–Crippen LogP) is 4.43. The largest absolute Gasteiger partial charge is 0.207 e. The first-order valence-corrected chi connectivity index (χ1v) is 5.36. The molecule has 0 aliphatic heterocycles. The first-order chi connectivity index (χ1) is 8.09. The molecule has 0 spiro atoms. The second kappa shape index (κ2) is 4.80. The summed E-state index contributed by atoms with van der Waals surface area (Å²) < 4.78 is 39.2. The number of benzene rings is 2. The van der Waals surface area contributed by atoms with Gasteiger partial charge in [0.05, 0.1) is 5.38 Å². The van der Waals surface area contributed by atoms with Crippen molar-refractivity contribution in [2.24, 2.45) is 0 Å². The summed E-state index contributed by atoms with van der Waals surface area (Å²) in [4.78, 5) is 0. The molecule has 0 heterocycles. The van der Waals surface area contributed by atoms with Crippen molar-refractivity contribution in [3.8, 4) is 0 Å². The highest BCUT2D eigenvalue weighted by Crippen LogP contribution is 2.31. The molecule has 0 saturated heterocycles. The quantitative estimate of drug-likeness (QED) is 0.697. The first-order valence-electron chi connectivity index (χ1n) is 4.93. The molecule has 1 atom stereocenters. The number of halogens is 4. The van der Waals surface area contributed by atoms with Crippen molar-refractivity contribution < 1.29 is 13.2 Å². The Morgan fingerprint density at radius 2 is 1.53 bits per heavy atom. The summed E-state index contributed by atoms with van der Waals surface area (Å²) in [5, 5.41) is -0.841. The van der Waals surface area contributed by atoms with Gasteiger partial charge in [0.1, 0.15) is 5.82 Å². The highest BCUT2D eigenvalue weighted by Gasteiger charge is 2.17. The monoisotopic (exact) mass is 256 g/mol. The Balaban J connectivity index is 2.40.